The van der Waals surface area contributed by atoms with Crippen LogP contribution in [-0.4, -0.2) is 8.42 Å². The summed E-state index contributed by atoms with van der Waals surface area (Å²) in [5.41, 5.74) is 4.21. The largest absolute Gasteiger partial charge is 0.218 e. The maximum Gasteiger partial charge on any atom is 0.207 e. The fourth-order valence-corrected chi connectivity index (χ4v) is 5.20. The van der Waals surface area contributed by atoms with Crippen LogP contribution in [0.4, 0.5) is 0 Å². The van der Waals surface area contributed by atoms with Gasteiger partial charge in [-0.2, -0.15) is 0 Å². The third kappa shape index (κ3) is 2.69. The van der Waals surface area contributed by atoms with E-state index in [1.54, 1.807) is 12.1 Å². The second kappa shape index (κ2) is 6.36. The Kier molecular flexibility index (Phi) is 4.56. The molecule has 2 unspecified atom stereocenters. The molecule has 0 amide bonds. The number of rotatable bonds is 5. The van der Waals surface area contributed by atoms with Gasteiger partial charge in [0.15, 0.2) is 0 Å². The summed E-state index contributed by atoms with van der Waals surface area (Å²) in [4.78, 5) is 0.927. The standard InChI is InChI=1S/C21H26O2S/c1-5-7-15(4)17-9-11-21-19(13-17)18-12-16(14(3)6-2)8-10-20(18)24(21,22)23/h8-15H,5-7H2,1-4H3. The molecule has 2 aromatic carbocycles. The van der Waals surface area contributed by atoms with Crippen molar-refractivity contribution in [2.45, 2.75) is 68.6 Å². The Labute approximate surface area is 145 Å². The highest BCUT2D eigenvalue weighted by atomic mass is 32.2. The minimum Gasteiger partial charge on any atom is -0.218 e. The van der Waals surface area contributed by atoms with Gasteiger partial charge in [-0.15, -0.1) is 0 Å². The molecule has 3 rings (SSSR count). The summed E-state index contributed by atoms with van der Waals surface area (Å²) in [5, 5.41) is 0. The molecule has 0 bridgehead atoms. The maximum atomic E-state index is 12.8. The van der Waals surface area contributed by atoms with Crippen molar-refractivity contribution < 1.29 is 8.42 Å². The number of sulfone groups is 1. The van der Waals surface area contributed by atoms with Gasteiger partial charge in [-0.1, -0.05) is 46.2 Å². The molecule has 0 aromatic heterocycles. The van der Waals surface area contributed by atoms with E-state index in [2.05, 4.69) is 39.8 Å². The third-order valence-corrected chi connectivity index (χ3v) is 7.22. The quantitative estimate of drug-likeness (QED) is 0.577. The van der Waals surface area contributed by atoms with Crippen LogP contribution in [0.5, 0.6) is 0 Å². The summed E-state index contributed by atoms with van der Waals surface area (Å²) in [5.74, 6) is 0.883. The van der Waals surface area contributed by atoms with Crippen LogP contribution in [-0.2, 0) is 9.84 Å². The number of hydrogen-bond donors (Lipinski definition) is 0. The van der Waals surface area contributed by atoms with Crippen molar-refractivity contribution in [1.29, 1.82) is 0 Å². The summed E-state index contributed by atoms with van der Waals surface area (Å²) in [6.45, 7) is 8.74. The average molecular weight is 343 g/mol. The molecule has 1 aliphatic heterocycles. The SMILES string of the molecule is CCCC(C)c1ccc2c(c1)-c1cc(C(C)CC)ccc1S2(=O)=O. The van der Waals surface area contributed by atoms with E-state index in [1.807, 2.05) is 12.1 Å². The molecule has 0 N–H and O–H groups in total. The molecule has 1 heterocycles. The molecule has 1 aliphatic rings. The lowest BCUT2D eigenvalue weighted by atomic mass is 9.91. The van der Waals surface area contributed by atoms with Gasteiger partial charge in [0.25, 0.3) is 0 Å². The van der Waals surface area contributed by atoms with E-state index in [4.69, 9.17) is 0 Å². The number of hydrogen-bond acceptors (Lipinski definition) is 2. The Morgan fingerprint density at radius 1 is 0.833 bits per heavy atom. The minimum absolute atomic E-state index is 0.434. The van der Waals surface area contributed by atoms with Crippen molar-refractivity contribution in [2.75, 3.05) is 0 Å². The summed E-state index contributed by atoms with van der Waals surface area (Å²) in [6.07, 6.45) is 3.29. The van der Waals surface area contributed by atoms with Gasteiger partial charge in [0.2, 0.25) is 9.84 Å². The first-order chi connectivity index (χ1) is 11.4. The van der Waals surface area contributed by atoms with Crippen molar-refractivity contribution in [2.24, 2.45) is 0 Å². The van der Waals surface area contributed by atoms with Crippen molar-refractivity contribution >= 4 is 9.84 Å². The lowest BCUT2D eigenvalue weighted by molar-refractivity contribution is 0.598. The Morgan fingerprint density at radius 2 is 1.33 bits per heavy atom. The molecular formula is C21H26O2S. The van der Waals surface area contributed by atoms with Gasteiger partial charge < -0.3 is 0 Å². The molecule has 0 aliphatic carbocycles. The zero-order valence-electron chi connectivity index (χ0n) is 15.0. The molecule has 0 saturated heterocycles. The molecule has 2 aromatic rings. The molecule has 0 saturated carbocycles. The van der Waals surface area contributed by atoms with E-state index >= 15 is 0 Å². The monoisotopic (exact) mass is 342 g/mol. The van der Waals surface area contributed by atoms with Crippen molar-refractivity contribution in [1.82, 2.24) is 0 Å². The second-order valence-corrected chi connectivity index (χ2v) is 8.90. The lowest BCUT2D eigenvalue weighted by Crippen LogP contribution is -1.98. The molecular weight excluding hydrogens is 316 g/mol. The summed E-state index contributed by atoms with van der Waals surface area (Å²) in [7, 11) is -3.37. The summed E-state index contributed by atoms with van der Waals surface area (Å²) >= 11 is 0. The van der Waals surface area contributed by atoms with Crippen LogP contribution in [0.1, 0.15) is 69.9 Å². The van der Waals surface area contributed by atoms with Gasteiger partial charge >= 0.3 is 0 Å². The van der Waals surface area contributed by atoms with Crippen LogP contribution >= 0.6 is 0 Å². The lowest BCUT2D eigenvalue weighted by Gasteiger charge is -2.13. The first-order valence-corrected chi connectivity index (χ1v) is 10.4. The van der Waals surface area contributed by atoms with E-state index in [1.165, 1.54) is 11.1 Å². The Balaban J connectivity index is 2.18. The van der Waals surface area contributed by atoms with Crippen molar-refractivity contribution in [3.63, 3.8) is 0 Å². The van der Waals surface area contributed by atoms with Crippen molar-refractivity contribution in [3.8, 4) is 11.1 Å². The zero-order chi connectivity index (χ0) is 17.5. The van der Waals surface area contributed by atoms with Crippen LogP contribution < -0.4 is 0 Å². The predicted octanol–water partition coefficient (Wildman–Crippen LogP) is 5.92. The van der Waals surface area contributed by atoms with E-state index in [-0.39, 0.29) is 0 Å². The fourth-order valence-electron chi connectivity index (χ4n) is 3.55. The molecule has 128 valence electrons. The van der Waals surface area contributed by atoms with E-state index < -0.39 is 9.84 Å². The van der Waals surface area contributed by atoms with Gasteiger partial charge in [-0.3, -0.25) is 0 Å². The topological polar surface area (TPSA) is 34.1 Å². The van der Waals surface area contributed by atoms with Crippen molar-refractivity contribution in [3.05, 3.63) is 47.5 Å². The van der Waals surface area contributed by atoms with Gasteiger partial charge in [-0.25, -0.2) is 8.42 Å². The van der Waals surface area contributed by atoms with Crippen LogP contribution in [0, 0.1) is 0 Å². The minimum atomic E-state index is -3.37. The first kappa shape index (κ1) is 17.2. The Morgan fingerprint density at radius 3 is 1.79 bits per heavy atom. The second-order valence-electron chi connectivity index (χ2n) is 7.01. The Bertz CT molecular complexity index is 865. The maximum absolute atomic E-state index is 12.8. The molecule has 0 fully saturated rings. The van der Waals surface area contributed by atoms with Gasteiger partial charge in [0.05, 0.1) is 9.79 Å². The summed E-state index contributed by atoms with van der Waals surface area (Å²) < 4.78 is 25.7. The molecule has 24 heavy (non-hydrogen) atoms. The number of fused-ring (bicyclic) bond motifs is 3. The van der Waals surface area contributed by atoms with Crippen LogP contribution in [0.3, 0.4) is 0 Å². The molecule has 0 radical (unpaired) electrons. The molecule has 2 atom stereocenters. The highest BCUT2D eigenvalue weighted by Gasteiger charge is 2.33. The fraction of sp³-hybridized carbons (Fsp3) is 0.429. The average Bonchev–Trinajstić information content (AvgIpc) is 2.81. The van der Waals surface area contributed by atoms with E-state index in [0.717, 1.165) is 30.4 Å². The molecule has 3 heteroatoms. The normalized spacial score (nSPS) is 17.2. The molecule has 2 nitrogen and oxygen atoms in total. The van der Waals surface area contributed by atoms with E-state index in [9.17, 15) is 8.42 Å². The first-order valence-electron chi connectivity index (χ1n) is 8.93. The smallest absolute Gasteiger partial charge is 0.207 e. The highest BCUT2D eigenvalue weighted by molar-refractivity contribution is 7.92. The number of benzene rings is 2. The van der Waals surface area contributed by atoms with Gasteiger partial charge in [-0.05, 0) is 60.1 Å². The van der Waals surface area contributed by atoms with Gasteiger partial charge in [0.1, 0.15) is 0 Å². The van der Waals surface area contributed by atoms with Gasteiger partial charge in [0, 0.05) is 11.1 Å². The zero-order valence-corrected chi connectivity index (χ0v) is 15.8. The summed E-state index contributed by atoms with van der Waals surface area (Å²) in [6, 6.07) is 11.7. The molecule has 0 spiro atoms. The van der Waals surface area contributed by atoms with Crippen LogP contribution in [0.15, 0.2) is 46.2 Å². The predicted molar refractivity (Wildman–Crippen MR) is 99.4 cm³/mol. The van der Waals surface area contributed by atoms with E-state index in [0.29, 0.717) is 21.6 Å². The van der Waals surface area contributed by atoms with Crippen LogP contribution in [0.25, 0.3) is 11.1 Å². The Hall–Kier alpha value is -1.61. The third-order valence-electron chi connectivity index (χ3n) is 5.35. The van der Waals surface area contributed by atoms with Crippen LogP contribution in [0.2, 0.25) is 0 Å². The highest BCUT2D eigenvalue weighted by Crippen LogP contribution is 2.45.